The lowest BCUT2D eigenvalue weighted by molar-refractivity contribution is -0.132. The van der Waals surface area contributed by atoms with Crippen molar-refractivity contribution in [2.75, 3.05) is 13.1 Å². The SMILES string of the molecule is C=CC(=O)N1CC(N2Cc3c(C)cc(-c4cc(O)ccc4Cl)cc3C2=O)C1. The van der Waals surface area contributed by atoms with Crippen LogP contribution in [0.3, 0.4) is 0 Å². The normalized spacial score (nSPS) is 16.3. The number of aryl methyl sites for hydroxylation is 1. The Labute approximate surface area is 162 Å². The number of nitrogens with zero attached hydrogens (tertiary/aromatic N) is 2. The predicted molar refractivity (Wildman–Crippen MR) is 104 cm³/mol. The van der Waals surface area contributed by atoms with Crippen LogP contribution in [0, 0.1) is 6.92 Å². The Kier molecular flexibility index (Phi) is 4.19. The van der Waals surface area contributed by atoms with Crippen molar-refractivity contribution in [3.63, 3.8) is 0 Å². The molecule has 5 nitrogen and oxygen atoms in total. The van der Waals surface area contributed by atoms with E-state index < -0.39 is 0 Å². The van der Waals surface area contributed by atoms with Gasteiger partial charge in [0.25, 0.3) is 5.91 Å². The third-order valence-corrected chi connectivity index (χ3v) is 5.67. The standard InChI is InChI=1S/C21H19ClN2O3/c1-3-20(26)23-9-14(10-23)24-11-18-12(2)6-13(7-17(18)21(24)27)16-8-15(25)4-5-19(16)22/h3-8,14,25H,1,9-11H2,2H3. The van der Waals surface area contributed by atoms with Gasteiger partial charge in [-0.1, -0.05) is 24.2 Å². The van der Waals surface area contributed by atoms with Gasteiger partial charge in [-0.25, -0.2) is 0 Å². The molecule has 4 rings (SSSR count). The highest BCUT2D eigenvalue weighted by atomic mass is 35.5. The van der Waals surface area contributed by atoms with Crippen LogP contribution in [0.15, 0.2) is 43.0 Å². The zero-order valence-electron chi connectivity index (χ0n) is 14.9. The Bertz CT molecular complexity index is 980. The largest absolute Gasteiger partial charge is 0.508 e. The maximum absolute atomic E-state index is 13.0. The number of amides is 2. The van der Waals surface area contributed by atoms with Gasteiger partial charge >= 0.3 is 0 Å². The van der Waals surface area contributed by atoms with E-state index in [1.54, 1.807) is 17.0 Å². The molecule has 1 saturated heterocycles. The zero-order valence-corrected chi connectivity index (χ0v) is 15.7. The van der Waals surface area contributed by atoms with E-state index in [0.717, 1.165) is 16.7 Å². The molecule has 0 radical (unpaired) electrons. The molecule has 2 amide bonds. The lowest BCUT2D eigenvalue weighted by Crippen LogP contribution is -2.60. The Balaban J connectivity index is 1.63. The van der Waals surface area contributed by atoms with Crippen molar-refractivity contribution in [3.8, 4) is 16.9 Å². The van der Waals surface area contributed by atoms with Gasteiger partial charge in [-0.05, 0) is 54.0 Å². The van der Waals surface area contributed by atoms with E-state index in [1.165, 1.54) is 12.1 Å². The van der Waals surface area contributed by atoms with Crippen LogP contribution in [0.25, 0.3) is 11.1 Å². The van der Waals surface area contributed by atoms with Gasteiger partial charge in [0.2, 0.25) is 5.91 Å². The highest BCUT2D eigenvalue weighted by molar-refractivity contribution is 6.33. The number of phenolic OH excluding ortho intramolecular Hbond substituents is 1. The van der Waals surface area contributed by atoms with Crippen molar-refractivity contribution in [1.82, 2.24) is 9.80 Å². The molecule has 2 heterocycles. The molecule has 2 aromatic rings. The monoisotopic (exact) mass is 382 g/mol. The first-order chi connectivity index (χ1) is 12.9. The number of benzene rings is 2. The molecule has 0 unspecified atom stereocenters. The predicted octanol–water partition coefficient (Wildman–Crippen LogP) is 3.37. The number of carbonyl (C=O) groups excluding carboxylic acids is 2. The Hall–Kier alpha value is -2.79. The summed E-state index contributed by atoms with van der Waals surface area (Å²) in [6, 6.07) is 8.64. The number of phenols is 1. The Morgan fingerprint density at radius 1 is 1.26 bits per heavy atom. The second-order valence-electron chi connectivity index (χ2n) is 7.02. The summed E-state index contributed by atoms with van der Waals surface area (Å²) in [4.78, 5) is 28.1. The summed E-state index contributed by atoms with van der Waals surface area (Å²) >= 11 is 6.29. The first kappa shape index (κ1) is 17.6. The summed E-state index contributed by atoms with van der Waals surface area (Å²) in [6.45, 7) is 7.10. The molecule has 2 aromatic carbocycles. The van der Waals surface area contributed by atoms with Gasteiger partial charge in [0.1, 0.15) is 5.75 Å². The average molecular weight is 383 g/mol. The summed E-state index contributed by atoms with van der Waals surface area (Å²) in [5.41, 5.74) is 4.18. The minimum Gasteiger partial charge on any atom is -0.508 e. The topological polar surface area (TPSA) is 60.9 Å². The summed E-state index contributed by atoms with van der Waals surface area (Å²) in [5, 5.41) is 10.3. The van der Waals surface area contributed by atoms with Crippen LogP contribution in [-0.4, -0.2) is 45.9 Å². The number of aromatic hydroxyl groups is 1. The van der Waals surface area contributed by atoms with E-state index in [1.807, 2.05) is 24.0 Å². The minimum atomic E-state index is -0.104. The fraction of sp³-hybridized carbons (Fsp3) is 0.238. The molecule has 0 saturated carbocycles. The quantitative estimate of drug-likeness (QED) is 0.828. The summed E-state index contributed by atoms with van der Waals surface area (Å²) in [6.07, 6.45) is 1.30. The maximum Gasteiger partial charge on any atom is 0.254 e. The van der Waals surface area contributed by atoms with E-state index in [-0.39, 0.29) is 23.6 Å². The molecule has 0 bridgehead atoms. The van der Waals surface area contributed by atoms with Crippen molar-refractivity contribution < 1.29 is 14.7 Å². The zero-order chi connectivity index (χ0) is 19.3. The number of rotatable bonds is 3. The number of hydrogen-bond donors (Lipinski definition) is 1. The van der Waals surface area contributed by atoms with Crippen molar-refractivity contribution in [1.29, 1.82) is 0 Å². The molecule has 0 aliphatic carbocycles. The third-order valence-electron chi connectivity index (χ3n) is 5.34. The molecular weight excluding hydrogens is 364 g/mol. The van der Waals surface area contributed by atoms with Crippen LogP contribution in [0.5, 0.6) is 5.75 Å². The molecule has 1 N–H and O–H groups in total. The van der Waals surface area contributed by atoms with Gasteiger partial charge in [0, 0.05) is 35.8 Å². The summed E-state index contributed by atoms with van der Waals surface area (Å²) in [5.74, 6) is -0.00344. The second-order valence-corrected chi connectivity index (χ2v) is 7.42. The molecule has 0 atom stereocenters. The smallest absolute Gasteiger partial charge is 0.254 e. The van der Waals surface area contributed by atoms with Gasteiger partial charge < -0.3 is 14.9 Å². The minimum absolute atomic E-state index is 0.0260. The van der Waals surface area contributed by atoms with Gasteiger partial charge in [0.15, 0.2) is 0 Å². The van der Waals surface area contributed by atoms with Gasteiger partial charge in [-0.3, -0.25) is 9.59 Å². The van der Waals surface area contributed by atoms with Crippen LogP contribution in [0.4, 0.5) is 0 Å². The molecule has 0 aromatic heterocycles. The molecule has 2 aliphatic rings. The summed E-state index contributed by atoms with van der Waals surface area (Å²) in [7, 11) is 0. The average Bonchev–Trinajstić information content (AvgIpc) is 2.93. The first-order valence-electron chi connectivity index (χ1n) is 8.73. The van der Waals surface area contributed by atoms with E-state index in [4.69, 9.17) is 11.6 Å². The summed E-state index contributed by atoms with van der Waals surface area (Å²) < 4.78 is 0. The maximum atomic E-state index is 13.0. The highest BCUT2D eigenvalue weighted by Crippen LogP contribution is 2.37. The van der Waals surface area contributed by atoms with Crippen molar-refractivity contribution in [2.24, 2.45) is 0 Å². The van der Waals surface area contributed by atoms with Crippen LogP contribution in [-0.2, 0) is 11.3 Å². The molecule has 1 fully saturated rings. The molecule has 138 valence electrons. The number of halogens is 1. The van der Waals surface area contributed by atoms with Crippen LogP contribution in [0.1, 0.15) is 21.5 Å². The molecule has 2 aliphatic heterocycles. The number of hydrogen-bond acceptors (Lipinski definition) is 3. The van der Waals surface area contributed by atoms with Crippen molar-refractivity contribution >= 4 is 23.4 Å². The van der Waals surface area contributed by atoms with Gasteiger partial charge in [0.05, 0.1) is 6.04 Å². The molecule has 6 heteroatoms. The molecule has 27 heavy (non-hydrogen) atoms. The van der Waals surface area contributed by atoms with E-state index in [2.05, 4.69) is 6.58 Å². The third kappa shape index (κ3) is 2.88. The number of carbonyl (C=O) groups is 2. The Morgan fingerprint density at radius 2 is 2.00 bits per heavy atom. The van der Waals surface area contributed by atoms with Crippen molar-refractivity contribution in [3.05, 3.63) is 64.7 Å². The van der Waals surface area contributed by atoms with Gasteiger partial charge in [-0.2, -0.15) is 0 Å². The fourth-order valence-corrected chi connectivity index (χ4v) is 3.99. The Morgan fingerprint density at radius 3 is 2.70 bits per heavy atom. The first-order valence-corrected chi connectivity index (χ1v) is 9.11. The molecular formula is C21H19ClN2O3. The van der Waals surface area contributed by atoms with E-state index in [0.29, 0.717) is 35.8 Å². The van der Waals surface area contributed by atoms with E-state index >= 15 is 0 Å². The number of fused-ring (bicyclic) bond motifs is 1. The van der Waals surface area contributed by atoms with Crippen LogP contribution < -0.4 is 0 Å². The molecule has 0 spiro atoms. The lowest BCUT2D eigenvalue weighted by atomic mass is 9.96. The van der Waals surface area contributed by atoms with Crippen molar-refractivity contribution in [2.45, 2.75) is 19.5 Å². The van der Waals surface area contributed by atoms with E-state index in [9.17, 15) is 14.7 Å². The fourth-order valence-electron chi connectivity index (χ4n) is 3.76. The lowest BCUT2D eigenvalue weighted by Gasteiger charge is -2.43. The highest BCUT2D eigenvalue weighted by Gasteiger charge is 2.40. The second kappa shape index (κ2) is 6.43. The van der Waals surface area contributed by atoms with Gasteiger partial charge in [-0.15, -0.1) is 0 Å². The van der Waals surface area contributed by atoms with Crippen LogP contribution in [0.2, 0.25) is 5.02 Å². The number of likely N-dealkylation sites (tertiary alicyclic amines) is 1. The van der Waals surface area contributed by atoms with Crippen LogP contribution >= 0.6 is 11.6 Å².